The van der Waals surface area contributed by atoms with Gasteiger partial charge >= 0.3 is 0 Å². The average Bonchev–Trinajstić information content (AvgIpc) is 2.54. The highest BCUT2D eigenvalue weighted by molar-refractivity contribution is 6.30. The molecule has 0 bridgehead atoms. The summed E-state index contributed by atoms with van der Waals surface area (Å²) in [6.07, 6.45) is 0. The van der Waals surface area contributed by atoms with E-state index >= 15 is 0 Å². The summed E-state index contributed by atoms with van der Waals surface area (Å²) in [6, 6.07) is 13.5. The van der Waals surface area contributed by atoms with Crippen molar-refractivity contribution in [2.45, 2.75) is 26.8 Å². The van der Waals surface area contributed by atoms with Crippen LogP contribution < -0.4 is 10.6 Å². The fourth-order valence-electron chi connectivity index (χ4n) is 2.33. The van der Waals surface area contributed by atoms with E-state index in [1.807, 2.05) is 32.9 Å². The molecule has 0 saturated heterocycles. The summed E-state index contributed by atoms with van der Waals surface area (Å²) in [5.74, 6) is -0.558. The molecular formula is C19H21ClN2O2. The fourth-order valence-corrected chi connectivity index (χ4v) is 2.46. The molecule has 2 aromatic rings. The van der Waals surface area contributed by atoms with Crippen molar-refractivity contribution in [1.82, 2.24) is 5.32 Å². The molecule has 2 amide bonds. The minimum atomic E-state index is -0.632. The van der Waals surface area contributed by atoms with Crippen molar-refractivity contribution in [3.05, 3.63) is 64.7 Å². The lowest BCUT2D eigenvalue weighted by atomic mass is 10.0. The number of halogens is 1. The van der Waals surface area contributed by atoms with Gasteiger partial charge in [-0.3, -0.25) is 9.59 Å². The summed E-state index contributed by atoms with van der Waals surface area (Å²) in [7, 11) is 0. The van der Waals surface area contributed by atoms with Crippen LogP contribution in [0.4, 0.5) is 5.69 Å². The maximum Gasteiger partial charge on any atom is 0.252 e. The zero-order valence-corrected chi connectivity index (χ0v) is 14.7. The number of benzene rings is 2. The first kappa shape index (κ1) is 18.0. The summed E-state index contributed by atoms with van der Waals surface area (Å²) < 4.78 is 0. The van der Waals surface area contributed by atoms with Gasteiger partial charge in [-0.2, -0.15) is 0 Å². The monoisotopic (exact) mass is 344 g/mol. The maximum atomic E-state index is 12.5. The van der Waals surface area contributed by atoms with Crippen molar-refractivity contribution in [1.29, 1.82) is 0 Å². The minimum absolute atomic E-state index is 0.0507. The standard InChI is InChI=1S/C19H21ClN2O2/c1-12(2)17(19(24)21-15-10-8-14(20)9-11-15)22-18(23)16-7-5-4-6-13(16)3/h4-12,17H,1-3H3,(H,21,24)(H,22,23)/t17-/m0/s1. The number of nitrogens with one attached hydrogen (secondary N) is 2. The second kappa shape index (κ2) is 7.97. The molecule has 126 valence electrons. The van der Waals surface area contributed by atoms with Gasteiger partial charge in [0.1, 0.15) is 6.04 Å². The van der Waals surface area contributed by atoms with Gasteiger partial charge in [-0.1, -0.05) is 43.6 Å². The van der Waals surface area contributed by atoms with Gasteiger partial charge in [0.15, 0.2) is 0 Å². The molecule has 24 heavy (non-hydrogen) atoms. The quantitative estimate of drug-likeness (QED) is 0.860. The first-order chi connectivity index (χ1) is 11.4. The van der Waals surface area contributed by atoms with Crippen molar-refractivity contribution in [3.8, 4) is 0 Å². The highest BCUT2D eigenvalue weighted by Gasteiger charge is 2.25. The third-order valence-corrected chi connectivity index (χ3v) is 3.99. The number of hydrogen-bond acceptors (Lipinski definition) is 2. The van der Waals surface area contributed by atoms with Crippen LogP contribution in [0.25, 0.3) is 0 Å². The molecule has 2 N–H and O–H groups in total. The predicted octanol–water partition coefficient (Wildman–Crippen LogP) is 4.04. The molecule has 0 aliphatic carbocycles. The predicted molar refractivity (Wildman–Crippen MR) is 97.4 cm³/mol. The van der Waals surface area contributed by atoms with Gasteiger partial charge in [-0.15, -0.1) is 0 Å². The van der Waals surface area contributed by atoms with Gasteiger partial charge in [0, 0.05) is 16.3 Å². The number of hydrogen-bond donors (Lipinski definition) is 2. The van der Waals surface area contributed by atoms with E-state index in [0.29, 0.717) is 16.3 Å². The highest BCUT2D eigenvalue weighted by atomic mass is 35.5. The summed E-state index contributed by atoms with van der Waals surface area (Å²) in [6.45, 7) is 5.65. The van der Waals surface area contributed by atoms with E-state index in [2.05, 4.69) is 10.6 Å². The normalized spacial score (nSPS) is 11.9. The van der Waals surface area contributed by atoms with Gasteiger partial charge in [-0.25, -0.2) is 0 Å². The van der Waals surface area contributed by atoms with Crippen LogP contribution in [0, 0.1) is 12.8 Å². The van der Waals surface area contributed by atoms with Crippen LogP contribution in [0.15, 0.2) is 48.5 Å². The Morgan fingerprint density at radius 1 is 1.00 bits per heavy atom. The Morgan fingerprint density at radius 2 is 1.62 bits per heavy atom. The lowest BCUT2D eigenvalue weighted by molar-refractivity contribution is -0.118. The van der Waals surface area contributed by atoms with Gasteiger partial charge in [0.05, 0.1) is 0 Å². The van der Waals surface area contributed by atoms with E-state index < -0.39 is 6.04 Å². The second-order valence-corrected chi connectivity index (χ2v) is 6.44. The zero-order valence-electron chi connectivity index (χ0n) is 14.0. The summed E-state index contributed by atoms with van der Waals surface area (Å²) >= 11 is 5.84. The molecule has 0 fully saturated rings. The Balaban J connectivity index is 2.11. The Hall–Kier alpha value is -2.33. The third kappa shape index (κ3) is 4.59. The van der Waals surface area contributed by atoms with Crippen molar-refractivity contribution in [2.75, 3.05) is 5.32 Å². The summed E-state index contributed by atoms with van der Waals surface area (Å²) in [5.41, 5.74) is 2.08. The van der Waals surface area contributed by atoms with Gasteiger partial charge in [-0.05, 0) is 48.7 Å². The van der Waals surface area contributed by atoms with E-state index in [1.54, 1.807) is 36.4 Å². The third-order valence-electron chi connectivity index (χ3n) is 3.74. The highest BCUT2D eigenvalue weighted by Crippen LogP contribution is 2.15. The topological polar surface area (TPSA) is 58.2 Å². The first-order valence-electron chi connectivity index (χ1n) is 7.81. The van der Waals surface area contributed by atoms with Crippen molar-refractivity contribution in [2.24, 2.45) is 5.92 Å². The molecule has 0 heterocycles. The van der Waals surface area contributed by atoms with Crippen molar-refractivity contribution < 1.29 is 9.59 Å². The molecule has 0 saturated carbocycles. The summed E-state index contributed by atoms with van der Waals surface area (Å²) in [4.78, 5) is 25.0. The average molecular weight is 345 g/mol. The molecule has 0 aliphatic rings. The van der Waals surface area contributed by atoms with Gasteiger partial charge in [0.2, 0.25) is 5.91 Å². The molecular weight excluding hydrogens is 324 g/mol. The van der Waals surface area contributed by atoms with Crippen LogP contribution in [0.2, 0.25) is 5.02 Å². The number of carbonyl (C=O) groups excluding carboxylic acids is 2. The van der Waals surface area contributed by atoms with E-state index in [-0.39, 0.29) is 17.7 Å². The maximum absolute atomic E-state index is 12.5. The molecule has 0 aliphatic heterocycles. The number of rotatable bonds is 5. The number of anilines is 1. The molecule has 0 unspecified atom stereocenters. The number of amides is 2. The van der Waals surface area contributed by atoms with Crippen molar-refractivity contribution >= 4 is 29.1 Å². The molecule has 2 rings (SSSR count). The number of aryl methyl sites for hydroxylation is 1. The van der Waals surface area contributed by atoms with E-state index in [0.717, 1.165) is 5.56 Å². The van der Waals surface area contributed by atoms with E-state index in [4.69, 9.17) is 11.6 Å². The van der Waals surface area contributed by atoms with E-state index in [9.17, 15) is 9.59 Å². The molecule has 2 aromatic carbocycles. The van der Waals surface area contributed by atoms with Crippen LogP contribution in [-0.4, -0.2) is 17.9 Å². The Bertz CT molecular complexity index is 726. The summed E-state index contributed by atoms with van der Waals surface area (Å²) in [5, 5.41) is 6.24. The lowest BCUT2D eigenvalue weighted by Gasteiger charge is -2.22. The van der Waals surface area contributed by atoms with Crippen LogP contribution in [0.3, 0.4) is 0 Å². The van der Waals surface area contributed by atoms with Crippen LogP contribution in [0.1, 0.15) is 29.8 Å². The van der Waals surface area contributed by atoms with E-state index in [1.165, 1.54) is 0 Å². The minimum Gasteiger partial charge on any atom is -0.340 e. The second-order valence-electron chi connectivity index (χ2n) is 6.01. The number of carbonyl (C=O) groups is 2. The Kier molecular flexibility index (Phi) is 5.99. The molecule has 4 nitrogen and oxygen atoms in total. The largest absolute Gasteiger partial charge is 0.340 e. The van der Waals surface area contributed by atoms with Gasteiger partial charge < -0.3 is 10.6 Å². The molecule has 5 heteroatoms. The Morgan fingerprint density at radius 3 is 2.21 bits per heavy atom. The Labute approximate surface area is 147 Å². The first-order valence-corrected chi connectivity index (χ1v) is 8.19. The fraction of sp³-hybridized carbons (Fsp3) is 0.263. The molecule has 0 spiro atoms. The van der Waals surface area contributed by atoms with Crippen molar-refractivity contribution in [3.63, 3.8) is 0 Å². The lowest BCUT2D eigenvalue weighted by Crippen LogP contribution is -2.47. The molecule has 0 radical (unpaired) electrons. The zero-order chi connectivity index (χ0) is 17.7. The molecule has 0 aromatic heterocycles. The SMILES string of the molecule is Cc1ccccc1C(=O)N[C@H](C(=O)Nc1ccc(Cl)cc1)C(C)C. The molecule has 1 atom stereocenters. The van der Waals surface area contributed by atoms with Crippen LogP contribution >= 0.6 is 11.6 Å². The van der Waals surface area contributed by atoms with Gasteiger partial charge in [0.25, 0.3) is 5.91 Å². The van der Waals surface area contributed by atoms with Crippen LogP contribution in [0.5, 0.6) is 0 Å². The van der Waals surface area contributed by atoms with Crippen LogP contribution in [-0.2, 0) is 4.79 Å². The smallest absolute Gasteiger partial charge is 0.252 e.